The van der Waals surface area contributed by atoms with E-state index in [0.717, 1.165) is 6.07 Å². The Labute approximate surface area is 133 Å². The molecule has 0 bridgehead atoms. The first-order valence-electron chi connectivity index (χ1n) is 6.46. The molecule has 0 spiro atoms. The summed E-state index contributed by atoms with van der Waals surface area (Å²) in [5.41, 5.74) is -0.538. The Balaban J connectivity index is 2.23. The number of rotatable bonds is 4. The number of carboxylic acid groups (broad SMARTS) is 1. The van der Waals surface area contributed by atoms with Gasteiger partial charge in [-0.15, -0.1) is 13.2 Å². The first kappa shape index (κ1) is 17.3. The van der Waals surface area contributed by atoms with Crippen LogP contribution < -0.4 is 10.1 Å². The second-order valence-corrected chi connectivity index (χ2v) is 4.75. The number of anilines is 1. The fourth-order valence-electron chi connectivity index (χ4n) is 1.95. The molecule has 24 heavy (non-hydrogen) atoms. The van der Waals surface area contributed by atoms with E-state index in [1.54, 1.807) is 0 Å². The second kappa shape index (κ2) is 6.22. The molecule has 2 rings (SSSR count). The number of alkyl halides is 3. The van der Waals surface area contributed by atoms with Crippen LogP contribution in [-0.4, -0.2) is 28.5 Å². The van der Waals surface area contributed by atoms with Crippen LogP contribution in [0.3, 0.4) is 0 Å². The van der Waals surface area contributed by atoms with E-state index >= 15 is 0 Å². The van der Waals surface area contributed by atoms with Gasteiger partial charge in [0.15, 0.2) is 0 Å². The summed E-state index contributed by atoms with van der Waals surface area (Å²) in [5, 5.41) is 14.6. The molecule has 2 N–H and O–H groups in total. The predicted octanol–water partition coefficient (Wildman–Crippen LogP) is 3.14. The monoisotopic (exact) mass is 344 g/mol. The summed E-state index contributed by atoms with van der Waals surface area (Å²) >= 11 is 0. The minimum absolute atomic E-state index is 0.00125. The van der Waals surface area contributed by atoms with E-state index in [0.29, 0.717) is 0 Å². The molecule has 1 aromatic carbocycles. The van der Waals surface area contributed by atoms with Gasteiger partial charge < -0.3 is 19.7 Å². The molecule has 1 aromatic heterocycles. The Morgan fingerprint density at radius 3 is 2.50 bits per heavy atom. The van der Waals surface area contributed by atoms with Crippen molar-refractivity contribution in [3.8, 4) is 5.75 Å². The minimum atomic E-state index is -4.83. The maximum atomic E-state index is 12.2. The van der Waals surface area contributed by atoms with Gasteiger partial charge in [-0.3, -0.25) is 4.79 Å². The maximum absolute atomic E-state index is 12.2. The molecule has 0 fully saturated rings. The second-order valence-electron chi connectivity index (χ2n) is 4.75. The predicted molar refractivity (Wildman–Crippen MR) is 74.0 cm³/mol. The van der Waals surface area contributed by atoms with Gasteiger partial charge in [-0.05, 0) is 37.6 Å². The molecule has 0 radical (unpaired) electrons. The fraction of sp³-hybridized carbons (Fsp3) is 0.214. The highest BCUT2D eigenvalue weighted by molar-refractivity contribution is 6.10. The van der Waals surface area contributed by atoms with Crippen LogP contribution in [0.2, 0.25) is 0 Å². The van der Waals surface area contributed by atoms with E-state index < -0.39 is 29.7 Å². The van der Waals surface area contributed by atoms with Gasteiger partial charge in [0.25, 0.3) is 5.91 Å². The van der Waals surface area contributed by atoms with Crippen molar-refractivity contribution >= 4 is 17.6 Å². The highest BCUT2D eigenvalue weighted by Crippen LogP contribution is 2.28. The average molecular weight is 344 g/mol. The third-order valence-corrected chi connectivity index (χ3v) is 2.95. The highest BCUT2D eigenvalue weighted by Gasteiger charge is 2.32. The number of amides is 1. The van der Waals surface area contributed by atoms with Gasteiger partial charge in [0.05, 0.1) is 0 Å². The number of hydrogen-bond acceptors (Lipinski definition) is 5. The molecule has 0 saturated carbocycles. The smallest absolute Gasteiger partial charge is 0.476 e. The number of hydrogen-bond donors (Lipinski definition) is 2. The lowest BCUT2D eigenvalue weighted by Gasteiger charge is -2.12. The Morgan fingerprint density at radius 2 is 1.96 bits per heavy atom. The Kier molecular flexibility index (Phi) is 4.49. The van der Waals surface area contributed by atoms with E-state index in [-0.39, 0.29) is 22.6 Å². The zero-order valence-electron chi connectivity index (χ0n) is 12.4. The number of ether oxygens (including phenoxy) is 1. The van der Waals surface area contributed by atoms with Crippen molar-refractivity contribution < 1.29 is 37.1 Å². The number of nitrogens with one attached hydrogen (secondary N) is 1. The summed E-state index contributed by atoms with van der Waals surface area (Å²) in [6.45, 7) is 2.73. The molecular formula is C14H11F3N2O5. The largest absolute Gasteiger partial charge is 0.573 e. The quantitative estimate of drug-likeness (QED) is 0.883. The minimum Gasteiger partial charge on any atom is -0.476 e. The van der Waals surface area contributed by atoms with Gasteiger partial charge in [0.2, 0.25) is 5.69 Å². The van der Waals surface area contributed by atoms with Crippen LogP contribution >= 0.6 is 0 Å². The van der Waals surface area contributed by atoms with Crippen molar-refractivity contribution in [1.82, 2.24) is 5.16 Å². The molecule has 128 valence electrons. The van der Waals surface area contributed by atoms with Crippen LogP contribution in [0.1, 0.15) is 32.2 Å². The van der Waals surface area contributed by atoms with Crippen molar-refractivity contribution in [2.75, 3.05) is 5.32 Å². The molecule has 0 saturated heterocycles. The van der Waals surface area contributed by atoms with E-state index in [1.807, 2.05) is 0 Å². The molecule has 0 unspecified atom stereocenters. The summed E-state index contributed by atoms with van der Waals surface area (Å²) in [6.07, 6.45) is -4.83. The summed E-state index contributed by atoms with van der Waals surface area (Å²) in [6, 6.07) is 3.48. The van der Waals surface area contributed by atoms with Gasteiger partial charge in [0.1, 0.15) is 17.1 Å². The average Bonchev–Trinajstić information content (AvgIpc) is 2.82. The standard InChI is InChI=1S/C14H11F3N2O5/c1-6-5-8(3-4-9(6)23-14(15,16)17)18-12(20)10-7(2)24-19-11(10)13(21)22/h3-5H,1-2H3,(H,18,20)(H,21,22). The number of carbonyl (C=O) groups excluding carboxylic acids is 1. The zero-order chi connectivity index (χ0) is 18.1. The van der Waals surface area contributed by atoms with E-state index in [2.05, 4.69) is 19.7 Å². The van der Waals surface area contributed by atoms with Crippen molar-refractivity contribution in [1.29, 1.82) is 0 Å². The summed E-state index contributed by atoms with van der Waals surface area (Å²) in [4.78, 5) is 23.2. The molecular weight excluding hydrogens is 333 g/mol. The fourth-order valence-corrected chi connectivity index (χ4v) is 1.95. The first-order chi connectivity index (χ1) is 11.1. The topological polar surface area (TPSA) is 102 Å². The normalized spacial score (nSPS) is 11.2. The zero-order valence-corrected chi connectivity index (χ0v) is 12.4. The SMILES string of the molecule is Cc1cc(NC(=O)c2c(C(=O)O)noc2C)ccc1OC(F)(F)F. The molecule has 2 aromatic rings. The van der Waals surface area contributed by atoms with Crippen LogP contribution in [-0.2, 0) is 0 Å². The van der Waals surface area contributed by atoms with Crippen LogP contribution in [0.15, 0.2) is 22.7 Å². The summed E-state index contributed by atoms with van der Waals surface area (Å²) in [7, 11) is 0. The van der Waals surface area contributed by atoms with E-state index in [9.17, 15) is 22.8 Å². The number of benzene rings is 1. The maximum Gasteiger partial charge on any atom is 0.573 e. The van der Waals surface area contributed by atoms with Crippen LogP contribution in [0, 0.1) is 13.8 Å². The third kappa shape index (κ3) is 3.83. The number of aromatic nitrogens is 1. The molecule has 0 aliphatic carbocycles. The molecule has 10 heteroatoms. The number of halogens is 3. The van der Waals surface area contributed by atoms with Crippen molar-refractivity contribution in [2.45, 2.75) is 20.2 Å². The lowest BCUT2D eigenvalue weighted by atomic mass is 10.1. The van der Waals surface area contributed by atoms with E-state index in [4.69, 9.17) is 5.11 Å². The molecule has 0 aliphatic rings. The highest BCUT2D eigenvalue weighted by atomic mass is 19.4. The Bertz CT molecular complexity index is 798. The van der Waals surface area contributed by atoms with Crippen molar-refractivity contribution in [3.05, 3.63) is 40.8 Å². The van der Waals surface area contributed by atoms with Gasteiger partial charge in [-0.25, -0.2) is 4.79 Å². The lowest BCUT2D eigenvalue weighted by molar-refractivity contribution is -0.274. The number of aryl methyl sites for hydroxylation is 2. The number of carbonyl (C=O) groups is 2. The van der Waals surface area contributed by atoms with Crippen molar-refractivity contribution in [2.24, 2.45) is 0 Å². The van der Waals surface area contributed by atoms with Crippen LogP contribution in [0.4, 0.5) is 18.9 Å². The number of nitrogens with zero attached hydrogens (tertiary/aromatic N) is 1. The van der Waals surface area contributed by atoms with E-state index in [1.165, 1.54) is 26.0 Å². The summed E-state index contributed by atoms with van der Waals surface area (Å²) < 4.78 is 45.1. The van der Waals surface area contributed by atoms with Gasteiger partial charge in [-0.2, -0.15) is 0 Å². The molecule has 0 atom stereocenters. The Morgan fingerprint density at radius 1 is 1.29 bits per heavy atom. The van der Waals surface area contributed by atoms with Gasteiger partial charge >= 0.3 is 12.3 Å². The molecule has 1 amide bonds. The van der Waals surface area contributed by atoms with Crippen molar-refractivity contribution in [3.63, 3.8) is 0 Å². The van der Waals surface area contributed by atoms with Gasteiger partial charge in [0, 0.05) is 5.69 Å². The third-order valence-electron chi connectivity index (χ3n) is 2.95. The lowest BCUT2D eigenvalue weighted by Crippen LogP contribution is -2.18. The molecule has 1 heterocycles. The first-order valence-corrected chi connectivity index (χ1v) is 6.46. The number of aromatic carboxylic acids is 1. The van der Waals surface area contributed by atoms with Crippen LogP contribution in [0.5, 0.6) is 5.75 Å². The van der Waals surface area contributed by atoms with Gasteiger partial charge in [-0.1, -0.05) is 5.16 Å². The van der Waals surface area contributed by atoms with Crippen LogP contribution in [0.25, 0.3) is 0 Å². The summed E-state index contributed by atoms with van der Waals surface area (Å²) in [5.74, 6) is -2.66. The Hall–Kier alpha value is -3.04. The molecule has 7 nitrogen and oxygen atoms in total. The number of carboxylic acids is 1. The molecule has 0 aliphatic heterocycles.